The number of rotatable bonds is 3. The molecule has 0 unspecified atom stereocenters. The van der Waals surface area contributed by atoms with E-state index < -0.39 is 0 Å². The lowest BCUT2D eigenvalue weighted by molar-refractivity contribution is 0.313. The van der Waals surface area contributed by atoms with Crippen LogP contribution in [-0.2, 0) is 7.05 Å². The van der Waals surface area contributed by atoms with E-state index in [1.54, 1.807) is 4.68 Å². The summed E-state index contributed by atoms with van der Waals surface area (Å²) in [5.41, 5.74) is 5.32. The topological polar surface area (TPSA) is 98.7 Å². The predicted molar refractivity (Wildman–Crippen MR) is 129 cm³/mol. The minimum absolute atomic E-state index is 0.239. The van der Waals surface area contributed by atoms with Crippen LogP contribution in [0.5, 0.6) is 0 Å². The average molecular weight is 441 g/mol. The molecule has 0 saturated carbocycles. The van der Waals surface area contributed by atoms with Gasteiger partial charge in [0.1, 0.15) is 22.4 Å². The zero-order valence-electron chi connectivity index (χ0n) is 18.5. The van der Waals surface area contributed by atoms with Crippen molar-refractivity contribution in [2.75, 3.05) is 38.1 Å². The number of aromatic amines is 2. The van der Waals surface area contributed by atoms with Crippen LogP contribution in [0.1, 0.15) is 0 Å². The monoisotopic (exact) mass is 440 g/mol. The van der Waals surface area contributed by atoms with Crippen molar-refractivity contribution in [1.82, 2.24) is 34.6 Å². The van der Waals surface area contributed by atoms with E-state index in [1.807, 2.05) is 31.6 Å². The minimum atomic E-state index is -0.239. The second-order valence-electron chi connectivity index (χ2n) is 8.60. The molecule has 6 rings (SSSR count). The number of hydrogen-bond donors (Lipinski definition) is 2. The molecule has 0 atom stereocenters. The van der Waals surface area contributed by atoms with Crippen LogP contribution in [0.25, 0.3) is 44.7 Å². The van der Waals surface area contributed by atoms with E-state index in [1.165, 1.54) is 5.69 Å². The average Bonchev–Trinajstić information content (AvgIpc) is 3.43. The molecule has 1 aliphatic heterocycles. The van der Waals surface area contributed by atoms with Gasteiger partial charge in [0.25, 0.3) is 5.56 Å². The molecule has 0 amide bonds. The summed E-state index contributed by atoms with van der Waals surface area (Å²) in [4.78, 5) is 32.7. The van der Waals surface area contributed by atoms with Gasteiger partial charge >= 0.3 is 0 Å². The SMILES string of the molecule is CN1CCN(c2ccc(-c3cnc4[nH]c5c(=O)[nH]c(-c6ccn(C)n6)nc5c4c3)cc2)CC1. The highest BCUT2D eigenvalue weighted by molar-refractivity contribution is 6.04. The lowest BCUT2D eigenvalue weighted by Gasteiger charge is -2.34. The van der Waals surface area contributed by atoms with Crippen molar-refractivity contribution in [3.8, 4) is 22.6 Å². The van der Waals surface area contributed by atoms with Crippen LogP contribution in [-0.4, -0.2) is 67.8 Å². The maximum Gasteiger partial charge on any atom is 0.275 e. The van der Waals surface area contributed by atoms with Crippen LogP contribution in [0, 0.1) is 0 Å². The second kappa shape index (κ2) is 7.56. The molecular formula is C24H24N8O. The lowest BCUT2D eigenvalue weighted by atomic mass is 10.1. The van der Waals surface area contributed by atoms with Crippen molar-refractivity contribution < 1.29 is 0 Å². The maximum atomic E-state index is 12.7. The fourth-order valence-electron chi connectivity index (χ4n) is 4.40. The summed E-state index contributed by atoms with van der Waals surface area (Å²) in [7, 11) is 3.99. The van der Waals surface area contributed by atoms with E-state index in [9.17, 15) is 4.79 Å². The number of hydrogen-bond acceptors (Lipinski definition) is 6. The van der Waals surface area contributed by atoms with Gasteiger partial charge in [0.2, 0.25) is 0 Å². The largest absolute Gasteiger partial charge is 0.369 e. The summed E-state index contributed by atoms with van der Waals surface area (Å²) in [6.07, 6.45) is 3.65. The van der Waals surface area contributed by atoms with Crippen LogP contribution in [0.15, 0.2) is 53.6 Å². The van der Waals surface area contributed by atoms with Gasteiger partial charge in [-0.15, -0.1) is 0 Å². The van der Waals surface area contributed by atoms with E-state index >= 15 is 0 Å². The molecule has 0 radical (unpaired) electrons. The van der Waals surface area contributed by atoms with E-state index in [-0.39, 0.29) is 5.56 Å². The Morgan fingerprint density at radius 3 is 2.45 bits per heavy atom. The number of likely N-dealkylation sites (N-methyl/N-ethyl adjacent to an activating group) is 1. The van der Waals surface area contributed by atoms with E-state index in [4.69, 9.17) is 4.98 Å². The number of nitrogens with one attached hydrogen (secondary N) is 2. The van der Waals surface area contributed by atoms with Crippen LogP contribution in [0.2, 0.25) is 0 Å². The zero-order chi connectivity index (χ0) is 22.5. The lowest BCUT2D eigenvalue weighted by Crippen LogP contribution is -2.44. The van der Waals surface area contributed by atoms with Crippen molar-refractivity contribution in [2.45, 2.75) is 0 Å². The summed E-state index contributed by atoms with van der Waals surface area (Å²) < 4.78 is 1.68. The number of piperazine rings is 1. The molecule has 5 heterocycles. The van der Waals surface area contributed by atoms with Gasteiger partial charge in [0.15, 0.2) is 5.82 Å². The molecule has 1 fully saturated rings. The first-order valence-corrected chi connectivity index (χ1v) is 11.0. The van der Waals surface area contributed by atoms with Gasteiger partial charge in [0, 0.05) is 62.3 Å². The highest BCUT2D eigenvalue weighted by Crippen LogP contribution is 2.29. The number of nitrogens with zero attached hydrogens (tertiary/aromatic N) is 6. The molecule has 0 bridgehead atoms. The fourth-order valence-corrected chi connectivity index (χ4v) is 4.40. The quantitative estimate of drug-likeness (QED) is 0.448. The molecule has 1 aromatic carbocycles. The Labute approximate surface area is 189 Å². The van der Waals surface area contributed by atoms with Gasteiger partial charge in [-0.05, 0) is 36.9 Å². The molecule has 166 valence electrons. The molecular weight excluding hydrogens is 416 g/mol. The third kappa shape index (κ3) is 3.46. The van der Waals surface area contributed by atoms with Crippen molar-refractivity contribution in [2.24, 2.45) is 7.05 Å². The van der Waals surface area contributed by atoms with Crippen molar-refractivity contribution in [1.29, 1.82) is 0 Å². The summed E-state index contributed by atoms with van der Waals surface area (Å²) in [6.45, 7) is 4.24. The highest BCUT2D eigenvalue weighted by Gasteiger charge is 2.16. The first kappa shape index (κ1) is 19.7. The molecule has 9 heteroatoms. The predicted octanol–water partition coefficient (Wildman–Crippen LogP) is 2.62. The smallest absolute Gasteiger partial charge is 0.275 e. The standard InChI is InChI=1S/C24H24N8O/c1-30-9-11-32(12-10-30)17-5-3-15(4-6-17)16-13-18-20-21(27-22(18)25-14-16)24(33)28-23(26-20)19-7-8-31(2)29-19/h3-8,13-14H,9-12H2,1-2H3,(H,25,27)(H,26,28,33). The van der Waals surface area contributed by atoms with Gasteiger partial charge in [0.05, 0.1) is 0 Å². The van der Waals surface area contributed by atoms with Gasteiger partial charge < -0.3 is 19.8 Å². The number of aromatic nitrogens is 6. The third-order valence-electron chi connectivity index (χ3n) is 6.33. The van der Waals surface area contributed by atoms with Crippen LogP contribution < -0.4 is 10.5 Å². The molecule has 9 nitrogen and oxygen atoms in total. The number of pyridine rings is 1. The Balaban J connectivity index is 1.39. The third-order valence-corrected chi connectivity index (χ3v) is 6.33. The van der Waals surface area contributed by atoms with Crippen LogP contribution in [0.3, 0.4) is 0 Å². The van der Waals surface area contributed by atoms with Gasteiger partial charge in [-0.3, -0.25) is 9.48 Å². The Kier molecular flexibility index (Phi) is 4.51. The Bertz CT molecular complexity index is 1520. The Hall–Kier alpha value is -3.98. The van der Waals surface area contributed by atoms with E-state index in [2.05, 4.69) is 61.2 Å². The minimum Gasteiger partial charge on any atom is -0.369 e. The van der Waals surface area contributed by atoms with Crippen LogP contribution in [0.4, 0.5) is 5.69 Å². The highest BCUT2D eigenvalue weighted by atomic mass is 16.1. The molecule has 2 N–H and O–H groups in total. The van der Waals surface area contributed by atoms with Gasteiger partial charge in [-0.25, -0.2) is 9.97 Å². The summed E-state index contributed by atoms with van der Waals surface area (Å²) in [5, 5.41) is 5.17. The molecule has 1 saturated heterocycles. The molecule has 33 heavy (non-hydrogen) atoms. The number of anilines is 1. The first-order chi connectivity index (χ1) is 16.0. The number of H-pyrrole nitrogens is 2. The maximum absolute atomic E-state index is 12.7. The van der Waals surface area contributed by atoms with Crippen LogP contribution >= 0.6 is 0 Å². The molecule has 4 aromatic heterocycles. The van der Waals surface area contributed by atoms with Gasteiger partial charge in [-0.1, -0.05) is 12.1 Å². The summed E-state index contributed by atoms with van der Waals surface area (Å²) in [5.74, 6) is 0.441. The number of benzene rings is 1. The fraction of sp³-hybridized carbons (Fsp3) is 0.250. The van der Waals surface area contributed by atoms with E-state index in [0.29, 0.717) is 28.2 Å². The zero-order valence-corrected chi connectivity index (χ0v) is 18.5. The van der Waals surface area contributed by atoms with Crippen molar-refractivity contribution in [3.05, 3.63) is 59.1 Å². The normalized spacial score (nSPS) is 15.0. The summed E-state index contributed by atoms with van der Waals surface area (Å²) >= 11 is 0. The Morgan fingerprint density at radius 1 is 0.939 bits per heavy atom. The first-order valence-electron chi connectivity index (χ1n) is 11.0. The molecule has 0 spiro atoms. The van der Waals surface area contributed by atoms with Gasteiger partial charge in [-0.2, -0.15) is 5.10 Å². The summed E-state index contributed by atoms with van der Waals surface area (Å²) in [6, 6.07) is 12.5. The Morgan fingerprint density at radius 2 is 1.73 bits per heavy atom. The van der Waals surface area contributed by atoms with E-state index in [0.717, 1.165) is 42.7 Å². The van der Waals surface area contributed by atoms with Crippen molar-refractivity contribution >= 4 is 27.8 Å². The molecule has 0 aliphatic carbocycles. The number of aryl methyl sites for hydroxylation is 1. The molecule has 5 aromatic rings. The second-order valence-corrected chi connectivity index (χ2v) is 8.60. The van der Waals surface area contributed by atoms with Crippen molar-refractivity contribution in [3.63, 3.8) is 0 Å². The number of fused-ring (bicyclic) bond motifs is 3. The molecule has 1 aliphatic rings.